The number of ether oxygens (including phenoxy) is 5. The number of hydrogen-bond donors (Lipinski definition) is 1. The molecule has 1 amide bonds. The summed E-state index contributed by atoms with van der Waals surface area (Å²) in [7, 11) is 0. The highest BCUT2D eigenvalue weighted by molar-refractivity contribution is 5.84. The topological polar surface area (TPSA) is 161 Å². The van der Waals surface area contributed by atoms with Gasteiger partial charge < -0.3 is 29.0 Å². The number of nitrogens with one attached hydrogen (secondary N) is 1. The zero-order valence-electron chi connectivity index (χ0n) is 22.0. The van der Waals surface area contributed by atoms with Crippen LogP contribution in [0.2, 0.25) is 0 Å². The molecular formula is C24H39NO11. The summed E-state index contributed by atoms with van der Waals surface area (Å²) >= 11 is 0. The summed E-state index contributed by atoms with van der Waals surface area (Å²) in [5, 5.41) is 2.63. The van der Waals surface area contributed by atoms with Crippen LogP contribution in [-0.2, 0) is 52.5 Å². The molecule has 0 aromatic heterocycles. The molecule has 12 heteroatoms. The van der Waals surface area contributed by atoms with Crippen LogP contribution in [0, 0.1) is 0 Å². The molecule has 0 aliphatic rings. The molecule has 0 unspecified atom stereocenters. The number of carbonyl (C=O) groups excluding carboxylic acids is 6. The fourth-order valence-electron chi connectivity index (χ4n) is 3.31. The van der Waals surface area contributed by atoms with E-state index in [1.54, 1.807) is 0 Å². The van der Waals surface area contributed by atoms with Crippen LogP contribution in [0.3, 0.4) is 0 Å². The van der Waals surface area contributed by atoms with Crippen LogP contribution >= 0.6 is 0 Å². The summed E-state index contributed by atoms with van der Waals surface area (Å²) in [6.07, 6.45) is -0.767. The molecule has 12 nitrogen and oxygen atoms in total. The minimum Gasteiger partial charge on any atom is -0.462 e. The first kappa shape index (κ1) is 32.8. The van der Waals surface area contributed by atoms with E-state index in [0.29, 0.717) is 6.42 Å². The molecule has 0 saturated carbocycles. The summed E-state index contributed by atoms with van der Waals surface area (Å²) in [6.45, 7) is 7.05. The van der Waals surface area contributed by atoms with Crippen molar-refractivity contribution in [2.45, 2.75) is 104 Å². The lowest BCUT2D eigenvalue weighted by Crippen LogP contribution is -2.57. The highest BCUT2D eigenvalue weighted by Gasteiger charge is 2.46. The number of carbonyl (C=O) groups is 6. The molecule has 0 radical (unpaired) electrons. The van der Waals surface area contributed by atoms with Gasteiger partial charge in [0.1, 0.15) is 6.61 Å². The molecule has 206 valence electrons. The summed E-state index contributed by atoms with van der Waals surface area (Å²) in [6, 6.07) is 0. The summed E-state index contributed by atoms with van der Waals surface area (Å²) < 4.78 is 25.7. The standard InChI is InChI=1S/C24H39NO11/c1-7-8-9-10-11-12-13-25-24(31)23(36-19(6)30)22(35-18(5)29)21(34-17(4)28)20(33-16(3)27)14-32-15(2)26/h20-23H,7-14H2,1-6H3,(H,25,31)/t20-,21-,22+,23-/m1/s1. The Morgan fingerprint density at radius 3 is 1.61 bits per heavy atom. The Morgan fingerprint density at radius 1 is 0.611 bits per heavy atom. The minimum absolute atomic E-state index is 0.259. The predicted molar refractivity (Wildman–Crippen MR) is 125 cm³/mol. The molecule has 0 spiro atoms. The molecule has 1 N–H and O–H groups in total. The first-order chi connectivity index (χ1) is 16.9. The normalized spacial score (nSPS) is 13.8. The summed E-state index contributed by atoms with van der Waals surface area (Å²) in [5.74, 6) is -5.03. The van der Waals surface area contributed by atoms with Gasteiger partial charge in [0.15, 0.2) is 18.3 Å². The van der Waals surface area contributed by atoms with Crippen LogP contribution in [0.15, 0.2) is 0 Å². The van der Waals surface area contributed by atoms with E-state index in [-0.39, 0.29) is 6.54 Å². The van der Waals surface area contributed by atoms with E-state index in [4.69, 9.17) is 23.7 Å². The van der Waals surface area contributed by atoms with Crippen molar-refractivity contribution in [2.24, 2.45) is 0 Å². The minimum atomic E-state index is -1.76. The van der Waals surface area contributed by atoms with Crippen LogP contribution in [0.1, 0.15) is 80.1 Å². The van der Waals surface area contributed by atoms with E-state index in [1.807, 2.05) is 0 Å². The zero-order chi connectivity index (χ0) is 27.7. The average molecular weight is 518 g/mol. The fraction of sp³-hybridized carbons (Fsp3) is 0.750. The van der Waals surface area contributed by atoms with E-state index < -0.39 is 66.8 Å². The van der Waals surface area contributed by atoms with Gasteiger partial charge >= 0.3 is 29.8 Å². The quantitative estimate of drug-likeness (QED) is 0.170. The molecule has 0 aliphatic carbocycles. The Morgan fingerprint density at radius 2 is 1.11 bits per heavy atom. The molecule has 0 aromatic rings. The molecule has 36 heavy (non-hydrogen) atoms. The highest BCUT2D eigenvalue weighted by Crippen LogP contribution is 2.20. The van der Waals surface area contributed by atoms with Crippen LogP contribution in [0.4, 0.5) is 0 Å². The second-order valence-corrected chi connectivity index (χ2v) is 8.19. The summed E-state index contributed by atoms with van der Waals surface area (Å²) in [4.78, 5) is 71.7. The monoisotopic (exact) mass is 517 g/mol. The molecular weight excluding hydrogens is 478 g/mol. The van der Waals surface area contributed by atoms with Crippen molar-refractivity contribution in [3.05, 3.63) is 0 Å². The SMILES string of the molecule is CCCCCCCCNC(=O)[C@H](OC(C)=O)[C@@H](OC(C)=O)[C@H](OC(C)=O)[C@@H](COC(C)=O)OC(C)=O. The lowest BCUT2D eigenvalue weighted by atomic mass is 10.0. The van der Waals surface area contributed by atoms with Gasteiger partial charge in [-0.1, -0.05) is 39.0 Å². The molecule has 0 aliphatic heterocycles. The second kappa shape index (κ2) is 18.1. The molecule has 0 aromatic carbocycles. The number of unbranched alkanes of at least 4 members (excludes halogenated alkanes) is 5. The molecule has 0 rings (SSSR count). The number of amides is 1. The first-order valence-corrected chi connectivity index (χ1v) is 12.0. The Hall–Kier alpha value is -3.18. The van der Waals surface area contributed by atoms with Crippen molar-refractivity contribution in [3.8, 4) is 0 Å². The van der Waals surface area contributed by atoms with Gasteiger partial charge in [-0.25, -0.2) is 0 Å². The third-order valence-corrected chi connectivity index (χ3v) is 4.74. The Bertz CT molecular complexity index is 752. The first-order valence-electron chi connectivity index (χ1n) is 12.0. The molecule has 0 bridgehead atoms. The maximum absolute atomic E-state index is 13.0. The third-order valence-electron chi connectivity index (χ3n) is 4.74. The van der Waals surface area contributed by atoms with Crippen molar-refractivity contribution in [1.82, 2.24) is 5.32 Å². The number of esters is 5. The van der Waals surface area contributed by atoms with Gasteiger partial charge in [0.05, 0.1) is 0 Å². The molecule has 0 fully saturated rings. The maximum Gasteiger partial charge on any atom is 0.303 e. The zero-order valence-corrected chi connectivity index (χ0v) is 22.0. The van der Waals surface area contributed by atoms with Crippen molar-refractivity contribution < 1.29 is 52.5 Å². The van der Waals surface area contributed by atoms with Gasteiger partial charge in [0.2, 0.25) is 6.10 Å². The molecule has 0 heterocycles. The van der Waals surface area contributed by atoms with Gasteiger partial charge in [-0.2, -0.15) is 0 Å². The molecule has 4 atom stereocenters. The molecule has 0 saturated heterocycles. The van der Waals surface area contributed by atoms with E-state index in [9.17, 15) is 28.8 Å². The Kier molecular flexibility index (Phi) is 16.5. The third kappa shape index (κ3) is 14.9. The van der Waals surface area contributed by atoms with Crippen molar-refractivity contribution in [1.29, 1.82) is 0 Å². The number of hydrogen-bond acceptors (Lipinski definition) is 11. The average Bonchev–Trinajstić information content (AvgIpc) is 2.76. The van der Waals surface area contributed by atoms with E-state index in [1.165, 1.54) is 0 Å². The fourth-order valence-corrected chi connectivity index (χ4v) is 3.31. The van der Waals surface area contributed by atoms with Gasteiger partial charge in [-0.3, -0.25) is 28.8 Å². The number of rotatable bonds is 17. The highest BCUT2D eigenvalue weighted by atomic mass is 16.6. The van der Waals surface area contributed by atoms with E-state index in [2.05, 4.69) is 12.2 Å². The van der Waals surface area contributed by atoms with Crippen molar-refractivity contribution in [2.75, 3.05) is 13.2 Å². The predicted octanol–water partition coefficient (Wildman–Crippen LogP) is 1.75. The van der Waals surface area contributed by atoms with Gasteiger partial charge in [-0.15, -0.1) is 0 Å². The Labute approximate surface area is 211 Å². The smallest absolute Gasteiger partial charge is 0.303 e. The maximum atomic E-state index is 13.0. The Balaban J connectivity index is 5.98. The van der Waals surface area contributed by atoms with Crippen LogP contribution < -0.4 is 5.32 Å². The lowest BCUT2D eigenvalue weighted by Gasteiger charge is -2.34. The van der Waals surface area contributed by atoms with Crippen LogP contribution in [0.5, 0.6) is 0 Å². The lowest BCUT2D eigenvalue weighted by molar-refractivity contribution is -0.203. The largest absolute Gasteiger partial charge is 0.462 e. The van der Waals surface area contributed by atoms with E-state index >= 15 is 0 Å². The van der Waals surface area contributed by atoms with Gasteiger partial charge in [-0.05, 0) is 6.42 Å². The van der Waals surface area contributed by atoms with Crippen LogP contribution in [0.25, 0.3) is 0 Å². The second-order valence-electron chi connectivity index (χ2n) is 8.19. The van der Waals surface area contributed by atoms with Gasteiger partial charge in [0.25, 0.3) is 5.91 Å². The summed E-state index contributed by atoms with van der Waals surface area (Å²) in [5.41, 5.74) is 0. The van der Waals surface area contributed by atoms with Gasteiger partial charge in [0, 0.05) is 41.2 Å². The van der Waals surface area contributed by atoms with E-state index in [0.717, 1.165) is 66.7 Å². The van der Waals surface area contributed by atoms with Crippen molar-refractivity contribution in [3.63, 3.8) is 0 Å². The van der Waals surface area contributed by atoms with Crippen molar-refractivity contribution >= 4 is 35.8 Å². The van der Waals surface area contributed by atoms with Crippen LogP contribution in [-0.4, -0.2) is 73.3 Å².